The normalized spacial score (nSPS) is 13.2. The SMILES string of the molecule is CCc1nn(C)c(CC)c1CNC(=NC)NCc1ccc2c(c1)OCO2. The van der Waals surface area contributed by atoms with E-state index < -0.39 is 0 Å². The van der Waals surface area contributed by atoms with Crippen molar-refractivity contribution in [3.05, 3.63) is 40.7 Å². The van der Waals surface area contributed by atoms with Crippen LogP contribution in [0.4, 0.5) is 0 Å². The van der Waals surface area contributed by atoms with Crippen LogP contribution in [-0.4, -0.2) is 29.6 Å². The summed E-state index contributed by atoms with van der Waals surface area (Å²) in [5.74, 6) is 2.35. The molecule has 1 aliphatic heterocycles. The maximum atomic E-state index is 5.43. The molecular weight excluding hydrogens is 330 g/mol. The zero-order chi connectivity index (χ0) is 18.5. The second-order valence-corrected chi connectivity index (χ2v) is 6.17. The number of benzene rings is 1. The van der Waals surface area contributed by atoms with Crippen molar-refractivity contribution in [2.24, 2.45) is 12.0 Å². The lowest BCUT2D eigenvalue weighted by molar-refractivity contribution is 0.174. The minimum absolute atomic E-state index is 0.292. The molecule has 0 saturated heterocycles. The van der Waals surface area contributed by atoms with Crippen molar-refractivity contribution < 1.29 is 9.47 Å². The van der Waals surface area contributed by atoms with Gasteiger partial charge in [0.1, 0.15) is 0 Å². The maximum absolute atomic E-state index is 5.43. The number of hydrogen-bond acceptors (Lipinski definition) is 4. The molecule has 0 fully saturated rings. The summed E-state index contributed by atoms with van der Waals surface area (Å²) in [6.07, 6.45) is 1.89. The van der Waals surface area contributed by atoms with Gasteiger partial charge in [0.2, 0.25) is 6.79 Å². The number of nitrogens with zero attached hydrogens (tertiary/aromatic N) is 3. The number of nitrogens with one attached hydrogen (secondary N) is 2. The van der Waals surface area contributed by atoms with Crippen molar-refractivity contribution in [1.82, 2.24) is 20.4 Å². The van der Waals surface area contributed by atoms with E-state index in [2.05, 4.69) is 34.6 Å². The Morgan fingerprint density at radius 2 is 1.92 bits per heavy atom. The predicted molar refractivity (Wildman–Crippen MR) is 102 cm³/mol. The van der Waals surface area contributed by atoms with E-state index in [1.165, 1.54) is 11.3 Å². The average Bonchev–Trinajstić information content (AvgIpc) is 3.24. The molecule has 2 N–H and O–H groups in total. The van der Waals surface area contributed by atoms with Crippen LogP contribution in [0.5, 0.6) is 11.5 Å². The van der Waals surface area contributed by atoms with Crippen molar-refractivity contribution in [2.75, 3.05) is 13.8 Å². The molecule has 26 heavy (non-hydrogen) atoms. The number of aryl methyl sites for hydroxylation is 2. The number of fused-ring (bicyclic) bond motifs is 1. The number of rotatable bonds is 6. The largest absolute Gasteiger partial charge is 0.454 e. The van der Waals surface area contributed by atoms with Crippen LogP contribution in [0, 0.1) is 0 Å². The molecule has 0 spiro atoms. The fourth-order valence-corrected chi connectivity index (χ4v) is 3.22. The van der Waals surface area contributed by atoms with Crippen molar-refractivity contribution in [3.8, 4) is 11.5 Å². The van der Waals surface area contributed by atoms with E-state index in [0.717, 1.165) is 41.6 Å². The lowest BCUT2D eigenvalue weighted by Crippen LogP contribution is -2.36. The molecule has 1 aromatic carbocycles. The Bertz CT molecular complexity index is 797. The first kappa shape index (κ1) is 18.1. The van der Waals surface area contributed by atoms with Crippen LogP contribution in [0.1, 0.15) is 36.4 Å². The van der Waals surface area contributed by atoms with Crippen LogP contribution < -0.4 is 20.1 Å². The van der Waals surface area contributed by atoms with Gasteiger partial charge in [-0.2, -0.15) is 5.10 Å². The van der Waals surface area contributed by atoms with E-state index in [0.29, 0.717) is 19.9 Å². The number of guanidine groups is 1. The van der Waals surface area contributed by atoms with E-state index in [1.807, 2.05) is 29.9 Å². The third-order valence-electron chi connectivity index (χ3n) is 4.58. The van der Waals surface area contributed by atoms with E-state index in [9.17, 15) is 0 Å². The van der Waals surface area contributed by atoms with Gasteiger partial charge in [-0.1, -0.05) is 19.9 Å². The Morgan fingerprint density at radius 3 is 2.65 bits per heavy atom. The molecule has 0 atom stereocenters. The number of aromatic nitrogens is 2. The van der Waals surface area contributed by atoms with Gasteiger partial charge in [0, 0.05) is 38.4 Å². The van der Waals surface area contributed by atoms with E-state index >= 15 is 0 Å². The highest BCUT2D eigenvalue weighted by atomic mass is 16.7. The molecular formula is C19H27N5O2. The predicted octanol–water partition coefficient (Wildman–Crippen LogP) is 2.14. The van der Waals surface area contributed by atoms with Crippen LogP contribution in [0.25, 0.3) is 0 Å². The van der Waals surface area contributed by atoms with Crippen LogP contribution in [-0.2, 0) is 33.0 Å². The smallest absolute Gasteiger partial charge is 0.231 e. The van der Waals surface area contributed by atoms with Crippen molar-refractivity contribution in [2.45, 2.75) is 39.8 Å². The Labute approximate surface area is 154 Å². The lowest BCUT2D eigenvalue weighted by Gasteiger charge is -2.13. The molecule has 7 nitrogen and oxygen atoms in total. The molecule has 0 radical (unpaired) electrons. The monoisotopic (exact) mass is 357 g/mol. The van der Waals surface area contributed by atoms with Crippen molar-refractivity contribution in [3.63, 3.8) is 0 Å². The summed E-state index contributed by atoms with van der Waals surface area (Å²) in [4.78, 5) is 4.32. The molecule has 1 aliphatic rings. The molecule has 0 bridgehead atoms. The third-order valence-corrected chi connectivity index (χ3v) is 4.58. The van der Waals surface area contributed by atoms with Gasteiger partial charge in [-0.05, 0) is 30.5 Å². The quantitative estimate of drug-likeness (QED) is 0.612. The lowest BCUT2D eigenvalue weighted by atomic mass is 10.1. The molecule has 0 aliphatic carbocycles. The van der Waals surface area contributed by atoms with Gasteiger partial charge >= 0.3 is 0 Å². The standard InChI is InChI=1S/C19H27N5O2/c1-5-15-14(16(6-2)24(4)23-15)11-22-19(20-3)21-10-13-7-8-17-18(9-13)26-12-25-17/h7-9H,5-6,10-12H2,1-4H3,(H2,20,21,22). The summed E-state index contributed by atoms with van der Waals surface area (Å²) in [6, 6.07) is 5.96. The summed E-state index contributed by atoms with van der Waals surface area (Å²) in [5.41, 5.74) is 4.79. The van der Waals surface area contributed by atoms with E-state index in [1.54, 1.807) is 7.05 Å². The minimum atomic E-state index is 0.292. The highest BCUT2D eigenvalue weighted by Gasteiger charge is 2.15. The first-order chi connectivity index (χ1) is 12.7. The summed E-state index contributed by atoms with van der Waals surface area (Å²) in [6.45, 7) is 5.95. The zero-order valence-electron chi connectivity index (χ0n) is 15.9. The summed E-state index contributed by atoms with van der Waals surface area (Å²) >= 11 is 0. The first-order valence-corrected chi connectivity index (χ1v) is 9.02. The molecule has 0 saturated carbocycles. The van der Waals surface area contributed by atoms with Gasteiger partial charge in [0.25, 0.3) is 0 Å². The van der Waals surface area contributed by atoms with Crippen LogP contribution in [0.15, 0.2) is 23.2 Å². The minimum Gasteiger partial charge on any atom is -0.454 e. The Morgan fingerprint density at radius 1 is 1.15 bits per heavy atom. The number of ether oxygens (including phenoxy) is 2. The van der Waals surface area contributed by atoms with Gasteiger partial charge in [-0.3, -0.25) is 9.67 Å². The van der Waals surface area contributed by atoms with Gasteiger partial charge in [-0.25, -0.2) is 0 Å². The Hall–Kier alpha value is -2.70. The van der Waals surface area contributed by atoms with Gasteiger partial charge in [0.15, 0.2) is 17.5 Å². The summed E-state index contributed by atoms with van der Waals surface area (Å²) < 4.78 is 12.8. The molecule has 7 heteroatoms. The Balaban J connectivity index is 1.60. The zero-order valence-corrected chi connectivity index (χ0v) is 15.9. The molecule has 2 heterocycles. The fraction of sp³-hybridized carbons (Fsp3) is 0.474. The van der Waals surface area contributed by atoms with Gasteiger partial charge in [-0.15, -0.1) is 0 Å². The third kappa shape index (κ3) is 3.76. The van der Waals surface area contributed by atoms with Crippen molar-refractivity contribution in [1.29, 1.82) is 0 Å². The highest BCUT2D eigenvalue weighted by molar-refractivity contribution is 5.79. The molecule has 0 unspecified atom stereocenters. The number of hydrogen-bond donors (Lipinski definition) is 2. The van der Waals surface area contributed by atoms with Crippen LogP contribution in [0.3, 0.4) is 0 Å². The van der Waals surface area contributed by atoms with E-state index in [-0.39, 0.29) is 0 Å². The molecule has 3 rings (SSSR count). The molecule has 2 aromatic rings. The van der Waals surface area contributed by atoms with E-state index in [4.69, 9.17) is 9.47 Å². The summed E-state index contributed by atoms with van der Waals surface area (Å²) in [7, 11) is 3.79. The Kier molecular flexibility index (Phi) is 5.65. The van der Waals surface area contributed by atoms with Crippen LogP contribution >= 0.6 is 0 Å². The highest BCUT2D eigenvalue weighted by Crippen LogP contribution is 2.32. The molecule has 140 valence electrons. The van der Waals surface area contributed by atoms with Crippen LogP contribution in [0.2, 0.25) is 0 Å². The first-order valence-electron chi connectivity index (χ1n) is 9.02. The average molecular weight is 357 g/mol. The molecule has 1 aromatic heterocycles. The summed E-state index contributed by atoms with van der Waals surface area (Å²) in [5, 5.41) is 11.4. The second kappa shape index (κ2) is 8.12. The maximum Gasteiger partial charge on any atom is 0.231 e. The second-order valence-electron chi connectivity index (χ2n) is 6.17. The topological polar surface area (TPSA) is 72.7 Å². The van der Waals surface area contributed by atoms with Gasteiger partial charge < -0.3 is 20.1 Å². The van der Waals surface area contributed by atoms with Gasteiger partial charge in [0.05, 0.1) is 5.69 Å². The molecule has 0 amide bonds. The fourth-order valence-electron chi connectivity index (χ4n) is 3.22. The number of aliphatic imine (C=N–C) groups is 1. The van der Waals surface area contributed by atoms with Crippen molar-refractivity contribution >= 4 is 5.96 Å².